The van der Waals surface area contributed by atoms with Crippen LogP contribution in [0.2, 0.25) is 0 Å². The second kappa shape index (κ2) is 7.17. The summed E-state index contributed by atoms with van der Waals surface area (Å²) in [6.45, 7) is 4.41. The molecule has 0 radical (unpaired) electrons. The van der Waals surface area contributed by atoms with Crippen LogP contribution in [0.3, 0.4) is 0 Å². The molecule has 0 fully saturated rings. The van der Waals surface area contributed by atoms with Gasteiger partial charge in [0.15, 0.2) is 9.84 Å². The average molecular weight is 349 g/mol. The quantitative estimate of drug-likeness (QED) is 0.799. The molecule has 0 saturated carbocycles. The van der Waals surface area contributed by atoms with E-state index in [9.17, 15) is 13.2 Å². The number of carbonyl (C=O) groups excluding carboxylic acids is 1. The zero-order valence-electron chi connectivity index (χ0n) is 14.4. The molecule has 7 heteroatoms. The highest BCUT2D eigenvalue weighted by molar-refractivity contribution is 7.92. The van der Waals surface area contributed by atoms with Gasteiger partial charge in [0.05, 0.1) is 11.1 Å². The summed E-state index contributed by atoms with van der Waals surface area (Å²) in [4.78, 5) is 13.8. The van der Waals surface area contributed by atoms with Crippen LogP contribution in [0.15, 0.2) is 41.6 Å². The fraction of sp³-hybridized carbons (Fsp3) is 0.412. The van der Waals surface area contributed by atoms with E-state index < -0.39 is 21.5 Å². The molecular formula is C17H23N3O3S. The Balaban J connectivity index is 2.05. The van der Waals surface area contributed by atoms with Crippen LogP contribution in [-0.2, 0) is 28.2 Å². The van der Waals surface area contributed by atoms with Crippen molar-refractivity contribution in [1.29, 1.82) is 0 Å². The van der Waals surface area contributed by atoms with E-state index in [2.05, 4.69) is 5.10 Å². The number of rotatable bonds is 6. The predicted octanol–water partition coefficient (Wildman–Crippen LogP) is 1.98. The van der Waals surface area contributed by atoms with Crippen molar-refractivity contribution >= 4 is 15.7 Å². The largest absolute Gasteiger partial charge is 0.340 e. The summed E-state index contributed by atoms with van der Waals surface area (Å²) in [7, 11) is -0.268. The first-order chi connectivity index (χ1) is 11.2. The van der Waals surface area contributed by atoms with Crippen molar-refractivity contribution in [2.24, 2.45) is 7.05 Å². The van der Waals surface area contributed by atoms with Gasteiger partial charge in [-0.3, -0.25) is 9.48 Å². The van der Waals surface area contributed by atoms with Crippen LogP contribution in [-0.4, -0.2) is 41.8 Å². The van der Waals surface area contributed by atoms with Crippen molar-refractivity contribution in [2.75, 3.05) is 12.8 Å². The molecule has 1 aromatic heterocycles. The zero-order chi connectivity index (χ0) is 17.9. The van der Waals surface area contributed by atoms with Gasteiger partial charge in [0.1, 0.15) is 5.75 Å². The van der Waals surface area contributed by atoms with Gasteiger partial charge in [-0.05, 0) is 23.6 Å². The lowest BCUT2D eigenvalue weighted by atomic mass is 10.0. The van der Waals surface area contributed by atoms with E-state index in [-0.39, 0.29) is 4.90 Å². The second-order valence-corrected chi connectivity index (χ2v) is 8.24. The molecule has 24 heavy (non-hydrogen) atoms. The lowest BCUT2D eigenvalue weighted by Crippen LogP contribution is -2.32. The number of hydrogen-bond donors (Lipinski definition) is 0. The SMILES string of the molecule is CC(C)c1ccc(S(=O)(=O)CC(=O)N(C)Cc2cnn(C)c2)cc1. The highest BCUT2D eigenvalue weighted by Gasteiger charge is 2.22. The summed E-state index contributed by atoms with van der Waals surface area (Å²) >= 11 is 0. The first-order valence-electron chi connectivity index (χ1n) is 7.73. The van der Waals surface area contributed by atoms with Gasteiger partial charge in [-0.25, -0.2) is 8.42 Å². The van der Waals surface area contributed by atoms with Gasteiger partial charge in [-0.15, -0.1) is 0 Å². The molecule has 0 bridgehead atoms. The molecule has 1 heterocycles. The highest BCUT2D eigenvalue weighted by Crippen LogP contribution is 2.18. The Kier molecular flexibility index (Phi) is 5.43. The van der Waals surface area contributed by atoms with E-state index in [1.165, 1.54) is 4.90 Å². The number of amides is 1. The lowest BCUT2D eigenvalue weighted by molar-refractivity contribution is -0.127. The van der Waals surface area contributed by atoms with E-state index in [0.29, 0.717) is 12.5 Å². The number of nitrogens with zero attached hydrogens (tertiary/aromatic N) is 3. The summed E-state index contributed by atoms with van der Waals surface area (Å²) in [5.74, 6) is -0.647. The minimum Gasteiger partial charge on any atom is -0.340 e. The molecule has 0 aliphatic rings. The third kappa shape index (κ3) is 4.44. The Morgan fingerprint density at radius 1 is 1.25 bits per heavy atom. The monoisotopic (exact) mass is 349 g/mol. The summed E-state index contributed by atoms with van der Waals surface area (Å²) < 4.78 is 26.5. The van der Waals surface area contributed by atoms with Crippen LogP contribution in [0.25, 0.3) is 0 Å². The molecule has 0 unspecified atom stereocenters. The van der Waals surface area contributed by atoms with Crippen LogP contribution in [0.5, 0.6) is 0 Å². The second-order valence-electron chi connectivity index (χ2n) is 6.25. The highest BCUT2D eigenvalue weighted by atomic mass is 32.2. The third-order valence-electron chi connectivity index (χ3n) is 3.82. The average Bonchev–Trinajstić information content (AvgIpc) is 2.92. The number of hydrogen-bond acceptors (Lipinski definition) is 4. The topological polar surface area (TPSA) is 72.3 Å². The first kappa shape index (κ1) is 18.2. The molecule has 0 spiro atoms. The van der Waals surface area contributed by atoms with Gasteiger partial charge >= 0.3 is 0 Å². The minimum absolute atomic E-state index is 0.176. The first-order valence-corrected chi connectivity index (χ1v) is 9.38. The summed E-state index contributed by atoms with van der Waals surface area (Å²) in [5, 5.41) is 4.03. The van der Waals surface area contributed by atoms with Gasteiger partial charge < -0.3 is 4.90 Å². The van der Waals surface area contributed by atoms with Crippen molar-refractivity contribution in [3.8, 4) is 0 Å². The van der Waals surface area contributed by atoms with Crippen LogP contribution < -0.4 is 0 Å². The number of aromatic nitrogens is 2. The molecule has 0 aliphatic heterocycles. The number of benzene rings is 1. The van der Waals surface area contributed by atoms with Gasteiger partial charge in [0, 0.05) is 32.4 Å². The molecule has 2 aromatic rings. The number of sulfone groups is 1. The van der Waals surface area contributed by atoms with E-state index in [1.807, 2.05) is 13.8 Å². The molecular weight excluding hydrogens is 326 g/mol. The molecule has 0 N–H and O–H groups in total. The fourth-order valence-corrected chi connectivity index (χ4v) is 3.59. The summed E-state index contributed by atoms with van der Waals surface area (Å²) in [6.07, 6.45) is 3.45. The maximum atomic E-state index is 12.4. The Bertz CT molecular complexity index is 808. The van der Waals surface area contributed by atoms with Gasteiger partial charge in [0.25, 0.3) is 0 Å². The van der Waals surface area contributed by atoms with Crippen LogP contribution in [0, 0.1) is 0 Å². The maximum absolute atomic E-state index is 12.4. The van der Waals surface area contributed by atoms with Gasteiger partial charge in [-0.2, -0.15) is 5.10 Å². The van der Waals surface area contributed by atoms with Crippen molar-refractivity contribution in [3.63, 3.8) is 0 Å². The maximum Gasteiger partial charge on any atom is 0.238 e. The third-order valence-corrected chi connectivity index (χ3v) is 5.44. The molecule has 0 aliphatic carbocycles. The Morgan fingerprint density at radius 2 is 1.88 bits per heavy atom. The van der Waals surface area contributed by atoms with Gasteiger partial charge in [0.2, 0.25) is 5.91 Å². The van der Waals surface area contributed by atoms with Crippen LogP contribution in [0.4, 0.5) is 0 Å². The van der Waals surface area contributed by atoms with Crippen molar-refractivity contribution in [3.05, 3.63) is 47.8 Å². The lowest BCUT2D eigenvalue weighted by Gasteiger charge is -2.16. The normalized spacial score (nSPS) is 11.7. The Morgan fingerprint density at radius 3 is 2.38 bits per heavy atom. The van der Waals surface area contributed by atoms with Crippen LogP contribution >= 0.6 is 0 Å². The Labute approximate surface area is 143 Å². The minimum atomic E-state index is -3.65. The molecule has 1 aromatic carbocycles. The van der Waals surface area contributed by atoms with Crippen molar-refractivity contribution in [1.82, 2.24) is 14.7 Å². The van der Waals surface area contributed by atoms with Crippen molar-refractivity contribution in [2.45, 2.75) is 31.2 Å². The Hall–Kier alpha value is -2.15. The number of carbonyl (C=O) groups is 1. The molecule has 0 saturated heterocycles. The molecule has 1 amide bonds. The smallest absolute Gasteiger partial charge is 0.238 e. The summed E-state index contributed by atoms with van der Waals surface area (Å²) in [6, 6.07) is 6.72. The van der Waals surface area contributed by atoms with E-state index in [4.69, 9.17) is 0 Å². The zero-order valence-corrected chi connectivity index (χ0v) is 15.2. The molecule has 6 nitrogen and oxygen atoms in total. The van der Waals surface area contributed by atoms with E-state index in [0.717, 1.165) is 11.1 Å². The standard InChI is InChI=1S/C17H23N3O3S/c1-13(2)15-5-7-16(8-6-15)24(22,23)12-17(21)19(3)10-14-9-18-20(4)11-14/h5-9,11,13H,10,12H2,1-4H3. The number of aryl methyl sites for hydroxylation is 1. The van der Waals surface area contributed by atoms with E-state index >= 15 is 0 Å². The molecule has 0 atom stereocenters. The summed E-state index contributed by atoms with van der Waals surface area (Å²) in [5.41, 5.74) is 1.92. The van der Waals surface area contributed by atoms with Gasteiger partial charge in [-0.1, -0.05) is 26.0 Å². The molecule has 2 rings (SSSR count). The van der Waals surface area contributed by atoms with Crippen LogP contribution in [0.1, 0.15) is 30.9 Å². The van der Waals surface area contributed by atoms with Crippen molar-refractivity contribution < 1.29 is 13.2 Å². The van der Waals surface area contributed by atoms with E-state index in [1.54, 1.807) is 55.4 Å². The molecule has 130 valence electrons. The fourth-order valence-electron chi connectivity index (χ4n) is 2.33. The predicted molar refractivity (Wildman–Crippen MR) is 92.3 cm³/mol.